The highest BCUT2D eigenvalue weighted by atomic mass is 19.4. The highest BCUT2D eigenvalue weighted by Gasteiger charge is 2.35. The van der Waals surface area contributed by atoms with Gasteiger partial charge in [0.05, 0.1) is 11.7 Å². The van der Waals surface area contributed by atoms with Crippen molar-refractivity contribution in [2.45, 2.75) is 25.1 Å². The maximum absolute atomic E-state index is 13.0. The maximum Gasteiger partial charge on any atom is 0.418 e. The Labute approximate surface area is 108 Å². The van der Waals surface area contributed by atoms with Gasteiger partial charge in [-0.1, -0.05) is 0 Å². The first-order valence-corrected chi connectivity index (χ1v) is 5.94. The van der Waals surface area contributed by atoms with Crippen molar-refractivity contribution in [3.8, 4) is 0 Å². The minimum absolute atomic E-state index is 0.0541. The molecule has 1 aliphatic heterocycles. The Bertz CT molecular complexity index is 465. The lowest BCUT2D eigenvalue weighted by atomic mass is 10.0. The molecule has 0 amide bonds. The quantitative estimate of drug-likeness (QED) is 0.896. The fraction of sp³-hybridized carbons (Fsp3) is 0.462. The molecule has 0 spiro atoms. The number of anilines is 1. The number of halogens is 3. The third kappa shape index (κ3) is 3.07. The Morgan fingerprint density at radius 3 is 2.42 bits per heavy atom. The van der Waals surface area contributed by atoms with Crippen LogP contribution in [0.15, 0.2) is 18.2 Å². The van der Waals surface area contributed by atoms with Crippen molar-refractivity contribution in [3.05, 3.63) is 29.3 Å². The van der Waals surface area contributed by atoms with Crippen molar-refractivity contribution in [3.63, 3.8) is 0 Å². The average molecular weight is 272 g/mol. The number of nitrogens with zero attached hydrogens (tertiary/aromatic N) is 1. The van der Waals surface area contributed by atoms with Gasteiger partial charge in [-0.25, -0.2) is 0 Å². The predicted molar refractivity (Wildman–Crippen MR) is 63.7 cm³/mol. The van der Waals surface area contributed by atoms with Crippen molar-refractivity contribution in [2.24, 2.45) is 0 Å². The van der Waals surface area contributed by atoms with Crippen molar-refractivity contribution >= 4 is 12.0 Å². The predicted octanol–water partition coefficient (Wildman–Crippen LogP) is 2.12. The molecule has 0 unspecified atom stereocenters. The third-order valence-electron chi connectivity index (χ3n) is 3.22. The van der Waals surface area contributed by atoms with Crippen LogP contribution < -0.4 is 4.90 Å². The summed E-state index contributed by atoms with van der Waals surface area (Å²) in [6, 6.07) is 3.43. The summed E-state index contributed by atoms with van der Waals surface area (Å²) in [5.74, 6) is 0. The lowest BCUT2D eigenvalue weighted by molar-refractivity contribution is -0.137. The zero-order valence-electron chi connectivity index (χ0n) is 10.1. The molecule has 1 aliphatic rings. The third-order valence-corrected chi connectivity index (χ3v) is 3.22. The van der Waals surface area contributed by atoms with E-state index in [2.05, 4.69) is 0 Å². The van der Waals surface area contributed by atoms with Crippen molar-refractivity contribution in [2.75, 3.05) is 18.0 Å². The molecule has 1 heterocycles. The molecule has 0 aliphatic carbocycles. The van der Waals surface area contributed by atoms with Crippen LogP contribution in [0.3, 0.4) is 0 Å². The SMILES string of the molecule is O=[C]c1ccc(N2CCC(O)CC2)c(C(F)(F)F)c1. The minimum atomic E-state index is -4.52. The molecule has 0 saturated carbocycles. The molecule has 1 fully saturated rings. The van der Waals surface area contributed by atoms with E-state index in [1.807, 2.05) is 0 Å². The fourth-order valence-electron chi connectivity index (χ4n) is 2.21. The van der Waals surface area contributed by atoms with Gasteiger partial charge in [0.2, 0.25) is 6.29 Å². The standard InChI is InChI=1S/C13H13F3NO2/c14-13(15,16)11-7-9(8-18)1-2-12(11)17-5-3-10(19)4-6-17/h1-2,7,10,19H,3-6H2. The van der Waals surface area contributed by atoms with Crippen LogP contribution in [0.4, 0.5) is 18.9 Å². The van der Waals surface area contributed by atoms with Gasteiger partial charge < -0.3 is 10.0 Å². The first kappa shape index (κ1) is 13.9. The number of carbonyl (C=O) groups excluding carboxylic acids is 1. The van der Waals surface area contributed by atoms with Crippen molar-refractivity contribution < 1.29 is 23.1 Å². The monoisotopic (exact) mass is 272 g/mol. The van der Waals surface area contributed by atoms with Crippen LogP contribution in [0.5, 0.6) is 0 Å². The highest BCUT2D eigenvalue weighted by molar-refractivity contribution is 5.77. The summed E-state index contributed by atoms with van der Waals surface area (Å²) >= 11 is 0. The first-order chi connectivity index (χ1) is 8.91. The van der Waals surface area contributed by atoms with Gasteiger partial charge in [0, 0.05) is 24.3 Å². The first-order valence-electron chi connectivity index (χ1n) is 5.94. The summed E-state index contributed by atoms with van der Waals surface area (Å²) < 4.78 is 39.0. The van der Waals surface area contributed by atoms with Crippen LogP contribution in [0.2, 0.25) is 0 Å². The number of aliphatic hydroxyl groups excluding tert-OH is 1. The Hall–Kier alpha value is -1.56. The zero-order chi connectivity index (χ0) is 14.0. The summed E-state index contributed by atoms with van der Waals surface area (Å²) in [4.78, 5) is 12.1. The average Bonchev–Trinajstić information content (AvgIpc) is 2.38. The summed E-state index contributed by atoms with van der Waals surface area (Å²) in [5, 5.41) is 9.38. The van der Waals surface area contributed by atoms with Gasteiger partial charge in [-0.15, -0.1) is 0 Å². The van der Waals surface area contributed by atoms with E-state index < -0.39 is 17.8 Å². The van der Waals surface area contributed by atoms with Crippen LogP contribution >= 0.6 is 0 Å². The Morgan fingerprint density at radius 1 is 1.26 bits per heavy atom. The summed E-state index contributed by atoms with van der Waals surface area (Å²) in [6.45, 7) is 0.739. The van der Waals surface area contributed by atoms with E-state index in [9.17, 15) is 23.1 Å². The van der Waals surface area contributed by atoms with Crippen LogP contribution in [0.1, 0.15) is 24.0 Å². The molecular weight excluding hydrogens is 259 g/mol. The molecule has 6 heteroatoms. The summed E-state index contributed by atoms with van der Waals surface area (Å²) in [5.41, 5.74) is -0.892. The Kier molecular flexibility index (Phi) is 3.80. The minimum Gasteiger partial charge on any atom is -0.393 e. The molecule has 1 saturated heterocycles. The lowest BCUT2D eigenvalue weighted by Gasteiger charge is -2.33. The number of rotatable bonds is 2. The van der Waals surface area contributed by atoms with Crippen LogP contribution in [-0.2, 0) is 11.0 Å². The van der Waals surface area contributed by atoms with Gasteiger partial charge in [-0.3, -0.25) is 4.79 Å². The summed E-state index contributed by atoms with van der Waals surface area (Å²) in [6.07, 6.45) is -2.61. The molecule has 103 valence electrons. The smallest absolute Gasteiger partial charge is 0.393 e. The van der Waals surface area contributed by atoms with Gasteiger partial charge >= 0.3 is 6.18 Å². The molecule has 3 nitrogen and oxygen atoms in total. The largest absolute Gasteiger partial charge is 0.418 e. The van der Waals surface area contributed by atoms with E-state index >= 15 is 0 Å². The topological polar surface area (TPSA) is 40.5 Å². The maximum atomic E-state index is 13.0. The van der Waals surface area contributed by atoms with E-state index in [1.54, 1.807) is 4.90 Å². The van der Waals surface area contributed by atoms with Gasteiger partial charge in [-0.05, 0) is 31.0 Å². The molecule has 19 heavy (non-hydrogen) atoms. The number of hydrogen-bond acceptors (Lipinski definition) is 3. The van der Waals surface area contributed by atoms with Crippen LogP contribution in [0.25, 0.3) is 0 Å². The summed E-state index contributed by atoms with van der Waals surface area (Å²) in [7, 11) is 0. The van der Waals surface area contributed by atoms with E-state index in [-0.39, 0.29) is 11.3 Å². The Balaban J connectivity index is 2.36. The van der Waals surface area contributed by atoms with Crippen molar-refractivity contribution in [1.82, 2.24) is 0 Å². The molecule has 0 atom stereocenters. The fourth-order valence-corrected chi connectivity index (χ4v) is 2.21. The van der Waals surface area contributed by atoms with Crippen molar-refractivity contribution in [1.29, 1.82) is 0 Å². The van der Waals surface area contributed by atoms with E-state index in [0.717, 1.165) is 6.07 Å². The normalized spacial score (nSPS) is 17.6. The van der Waals surface area contributed by atoms with Gasteiger partial charge in [0.15, 0.2) is 0 Å². The highest BCUT2D eigenvalue weighted by Crippen LogP contribution is 2.37. The second-order valence-corrected chi connectivity index (χ2v) is 4.55. The number of alkyl halides is 3. The zero-order valence-corrected chi connectivity index (χ0v) is 10.1. The number of aliphatic hydroxyl groups is 1. The molecule has 0 aromatic heterocycles. The van der Waals surface area contributed by atoms with Gasteiger partial charge in [0.1, 0.15) is 0 Å². The van der Waals surface area contributed by atoms with Crippen LogP contribution in [-0.4, -0.2) is 30.6 Å². The van der Waals surface area contributed by atoms with E-state index in [0.29, 0.717) is 25.9 Å². The molecule has 1 N–H and O–H groups in total. The molecule has 1 aromatic carbocycles. The lowest BCUT2D eigenvalue weighted by Crippen LogP contribution is -2.37. The molecule has 1 aromatic rings. The van der Waals surface area contributed by atoms with Gasteiger partial charge in [-0.2, -0.15) is 13.2 Å². The van der Waals surface area contributed by atoms with E-state index in [4.69, 9.17) is 0 Å². The number of benzene rings is 1. The second kappa shape index (κ2) is 5.21. The second-order valence-electron chi connectivity index (χ2n) is 4.55. The molecule has 0 bridgehead atoms. The number of hydrogen-bond donors (Lipinski definition) is 1. The molecule has 1 radical (unpaired) electrons. The Morgan fingerprint density at radius 2 is 1.89 bits per heavy atom. The van der Waals surface area contributed by atoms with Crippen LogP contribution in [0, 0.1) is 0 Å². The molecule has 2 rings (SSSR count). The molecular formula is C13H13F3NO2. The van der Waals surface area contributed by atoms with E-state index in [1.165, 1.54) is 18.4 Å². The van der Waals surface area contributed by atoms with Gasteiger partial charge in [0.25, 0.3) is 0 Å². The number of piperidine rings is 1.